The number of hydrogen-bond donors (Lipinski definition) is 0. The average Bonchev–Trinajstić information content (AvgIpc) is 3.00. The minimum absolute atomic E-state index is 0.192. The third kappa shape index (κ3) is 3.14. The minimum atomic E-state index is -0.625. The van der Waals surface area contributed by atoms with Gasteiger partial charge >= 0.3 is 11.9 Å². The van der Waals surface area contributed by atoms with Crippen molar-refractivity contribution < 1.29 is 28.7 Å². The molecule has 0 bridgehead atoms. The predicted molar refractivity (Wildman–Crippen MR) is 102 cm³/mol. The van der Waals surface area contributed by atoms with Gasteiger partial charge in [-0.05, 0) is 37.8 Å². The van der Waals surface area contributed by atoms with E-state index in [4.69, 9.17) is 9.47 Å². The van der Waals surface area contributed by atoms with E-state index in [2.05, 4.69) is 0 Å². The van der Waals surface area contributed by atoms with Gasteiger partial charge in [0.1, 0.15) is 0 Å². The van der Waals surface area contributed by atoms with Crippen molar-refractivity contribution in [2.24, 2.45) is 23.7 Å². The van der Waals surface area contributed by atoms with Gasteiger partial charge in [0.2, 0.25) is 11.8 Å². The highest BCUT2D eigenvalue weighted by molar-refractivity contribution is 6.22. The molecule has 1 aromatic carbocycles. The summed E-state index contributed by atoms with van der Waals surface area (Å²) in [5.74, 6) is -3.38. The summed E-state index contributed by atoms with van der Waals surface area (Å²) in [6.07, 6.45) is 1.60. The van der Waals surface area contributed by atoms with E-state index >= 15 is 0 Å². The van der Waals surface area contributed by atoms with Crippen molar-refractivity contribution in [2.45, 2.75) is 25.7 Å². The smallest absolute Gasteiger partial charge is 0.309 e. The quantitative estimate of drug-likeness (QED) is 0.442. The highest BCUT2D eigenvalue weighted by Gasteiger charge is 2.52. The van der Waals surface area contributed by atoms with E-state index in [0.29, 0.717) is 31.4 Å². The second-order valence-corrected chi connectivity index (χ2v) is 7.84. The molecular formula is C22H23NO6. The van der Waals surface area contributed by atoms with Crippen molar-refractivity contribution >= 4 is 29.4 Å². The zero-order valence-corrected chi connectivity index (χ0v) is 16.4. The Labute approximate surface area is 168 Å². The number of amides is 2. The van der Waals surface area contributed by atoms with Gasteiger partial charge in [-0.2, -0.15) is 0 Å². The number of carbonyl (C=O) groups excluding carboxylic acids is 4. The molecule has 0 saturated carbocycles. The molecule has 4 atom stereocenters. The lowest BCUT2D eigenvalue weighted by Gasteiger charge is -2.36. The first kappa shape index (κ1) is 19.4. The van der Waals surface area contributed by atoms with Crippen LogP contribution in [0.4, 0.5) is 5.69 Å². The third-order valence-corrected chi connectivity index (χ3v) is 6.43. The van der Waals surface area contributed by atoms with Gasteiger partial charge in [0.15, 0.2) is 0 Å². The van der Waals surface area contributed by atoms with Crippen LogP contribution < -0.4 is 4.90 Å². The van der Waals surface area contributed by atoms with Crippen LogP contribution in [0.15, 0.2) is 41.5 Å². The number of rotatable bonds is 3. The highest BCUT2D eigenvalue weighted by atomic mass is 16.5. The van der Waals surface area contributed by atoms with E-state index in [0.717, 1.165) is 11.1 Å². The monoisotopic (exact) mass is 397 g/mol. The molecule has 1 heterocycles. The predicted octanol–water partition coefficient (Wildman–Crippen LogP) is 2.25. The molecule has 4 unspecified atom stereocenters. The molecule has 0 spiro atoms. The maximum Gasteiger partial charge on any atom is 0.309 e. The number of esters is 2. The summed E-state index contributed by atoms with van der Waals surface area (Å²) in [7, 11) is 2.60. The molecule has 0 aromatic heterocycles. The number of ether oxygens (including phenoxy) is 2. The highest BCUT2D eigenvalue weighted by Crippen LogP contribution is 2.49. The Hall–Kier alpha value is -2.96. The fourth-order valence-electron chi connectivity index (χ4n) is 4.96. The normalized spacial score (nSPS) is 28.7. The molecule has 4 rings (SSSR count). The van der Waals surface area contributed by atoms with E-state index in [1.54, 1.807) is 24.3 Å². The topological polar surface area (TPSA) is 90.0 Å². The van der Waals surface area contributed by atoms with E-state index < -0.39 is 35.6 Å². The first-order valence-electron chi connectivity index (χ1n) is 9.74. The van der Waals surface area contributed by atoms with Gasteiger partial charge in [-0.1, -0.05) is 29.3 Å². The van der Waals surface area contributed by atoms with Crippen LogP contribution >= 0.6 is 0 Å². The Morgan fingerprint density at radius 1 is 0.793 bits per heavy atom. The molecule has 29 heavy (non-hydrogen) atoms. The van der Waals surface area contributed by atoms with E-state index in [1.165, 1.54) is 19.1 Å². The fourth-order valence-corrected chi connectivity index (χ4v) is 4.96. The number of allylic oxidation sites excluding steroid dienone is 2. The summed E-state index contributed by atoms with van der Waals surface area (Å²) >= 11 is 0. The van der Waals surface area contributed by atoms with Crippen LogP contribution in [0.2, 0.25) is 0 Å². The van der Waals surface area contributed by atoms with Crippen LogP contribution in [0.25, 0.3) is 0 Å². The number of para-hydroxylation sites is 1. The molecule has 2 amide bonds. The van der Waals surface area contributed by atoms with Crippen LogP contribution in [-0.4, -0.2) is 38.0 Å². The molecule has 152 valence electrons. The van der Waals surface area contributed by atoms with E-state index in [9.17, 15) is 19.2 Å². The molecule has 1 saturated heterocycles. The molecule has 0 radical (unpaired) electrons. The van der Waals surface area contributed by atoms with Crippen molar-refractivity contribution in [3.05, 3.63) is 41.5 Å². The lowest BCUT2D eigenvalue weighted by Crippen LogP contribution is -2.38. The number of fused-ring (bicyclic) bond motifs is 1. The van der Waals surface area contributed by atoms with Crippen molar-refractivity contribution in [3.8, 4) is 0 Å². The zero-order chi connectivity index (χ0) is 20.7. The van der Waals surface area contributed by atoms with Gasteiger partial charge in [0, 0.05) is 0 Å². The van der Waals surface area contributed by atoms with Crippen LogP contribution in [0.1, 0.15) is 25.7 Å². The second-order valence-electron chi connectivity index (χ2n) is 7.84. The molecule has 1 aliphatic heterocycles. The Morgan fingerprint density at radius 2 is 1.24 bits per heavy atom. The maximum absolute atomic E-state index is 13.0. The van der Waals surface area contributed by atoms with E-state index in [-0.39, 0.29) is 11.8 Å². The Kier molecular flexibility index (Phi) is 4.98. The van der Waals surface area contributed by atoms with Gasteiger partial charge in [-0.3, -0.25) is 24.1 Å². The lowest BCUT2D eigenvalue weighted by atomic mass is 9.67. The van der Waals surface area contributed by atoms with Gasteiger partial charge in [0.05, 0.1) is 43.6 Å². The molecular weight excluding hydrogens is 374 g/mol. The number of nitrogens with zero attached hydrogens (tertiary/aromatic N) is 1. The van der Waals surface area contributed by atoms with E-state index in [1.807, 2.05) is 6.07 Å². The van der Waals surface area contributed by atoms with Crippen LogP contribution in [0.5, 0.6) is 0 Å². The largest absolute Gasteiger partial charge is 0.469 e. The Bertz CT molecular complexity index is 851. The number of imide groups is 1. The number of hydrogen-bond acceptors (Lipinski definition) is 6. The van der Waals surface area contributed by atoms with Crippen molar-refractivity contribution in [2.75, 3.05) is 19.1 Å². The lowest BCUT2D eigenvalue weighted by molar-refractivity contribution is -0.158. The summed E-state index contributed by atoms with van der Waals surface area (Å²) in [4.78, 5) is 51.9. The second kappa shape index (κ2) is 7.46. The first-order chi connectivity index (χ1) is 14.0. The van der Waals surface area contributed by atoms with Gasteiger partial charge in [-0.15, -0.1) is 0 Å². The average molecular weight is 397 g/mol. The number of carbonyl (C=O) groups is 4. The zero-order valence-electron chi connectivity index (χ0n) is 16.4. The van der Waals surface area contributed by atoms with Crippen molar-refractivity contribution in [3.63, 3.8) is 0 Å². The summed E-state index contributed by atoms with van der Waals surface area (Å²) in [6, 6.07) is 8.93. The summed E-state index contributed by atoms with van der Waals surface area (Å²) in [6.45, 7) is 0. The standard InChI is InChI=1S/C22H23NO6/c1-28-21(26)17-10-12-8-15-16(9-13(12)11-18(17)22(27)29-2)20(25)23(19(15)24)14-6-4-3-5-7-14/h3-7,15-18H,8-11H2,1-2H3. The molecule has 7 nitrogen and oxygen atoms in total. The molecule has 2 aliphatic carbocycles. The number of methoxy groups -OCH3 is 2. The fraction of sp³-hybridized carbons (Fsp3) is 0.455. The molecule has 1 aromatic rings. The Morgan fingerprint density at radius 3 is 1.66 bits per heavy atom. The van der Waals surface area contributed by atoms with Crippen LogP contribution in [-0.2, 0) is 28.7 Å². The molecule has 7 heteroatoms. The summed E-state index contributed by atoms with van der Waals surface area (Å²) in [5.41, 5.74) is 2.57. The molecule has 0 N–H and O–H groups in total. The van der Waals surface area contributed by atoms with Crippen LogP contribution in [0, 0.1) is 23.7 Å². The van der Waals surface area contributed by atoms with Crippen molar-refractivity contribution in [1.29, 1.82) is 0 Å². The number of anilines is 1. The summed E-state index contributed by atoms with van der Waals surface area (Å²) < 4.78 is 9.79. The first-order valence-corrected chi connectivity index (χ1v) is 9.74. The van der Waals surface area contributed by atoms with Gasteiger partial charge in [0.25, 0.3) is 0 Å². The SMILES string of the molecule is COC(=O)C1CC2=C(CC1C(=O)OC)CC1C(=O)N(c3ccccc3)C(=O)C1C2. The summed E-state index contributed by atoms with van der Waals surface area (Å²) in [5, 5.41) is 0. The minimum Gasteiger partial charge on any atom is -0.469 e. The molecule has 1 fully saturated rings. The van der Waals surface area contributed by atoms with Gasteiger partial charge < -0.3 is 9.47 Å². The van der Waals surface area contributed by atoms with Gasteiger partial charge in [-0.25, -0.2) is 0 Å². The van der Waals surface area contributed by atoms with Crippen LogP contribution in [0.3, 0.4) is 0 Å². The van der Waals surface area contributed by atoms with Crippen molar-refractivity contribution in [1.82, 2.24) is 0 Å². The third-order valence-electron chi connectivity index (χ3n) is 6.43. The Balaban J connectivity index is 1.62. The molecule has 3 aliphatic rings. The number of benzene rings is 1. The maximum atomic E-state index is 13.0.